The molecule has 16 heavy (non-hydrogen) atoms. The van der Waals surface area contributed by atoms with Crippen LogP contribution in [0.3, 0.4) is 0 Å². The lowest BCUT2D eigenvalue weighted by Gasteiger charge is -2.08. The molecule has 1 aromatic rings. The number of nitrogens with one attached hydrogen (secondary N) is 1. The minimum absolute atomic E-state index is 0.0741. The summed E-state index contributed by atoms with van der Waals surface area (Å²) in [5, 5.41) is 20.4. The van der Waals surface area contributed by atoms with E-state index in [0.717, 1.165) is 0 Å². The minimum Gasteiger partial charge on any atom is -0.508 e. The van der Waals surface area contributed by atoms with Gasteiger partial charge in [0, 0.05) is 24.6 Å². The monoisotopic (exact) mass is 241 g/mol. The Balaban J connectivity index is 0.000000181. The summed E-state index contributed by atoms with van der Waals surface area (Å²) >= 11 is 2.03. The molecule has 0 aliphatic carbocycles. The number of carbonyl (C=O) groups is 1. The second-order valence-corrected chi connectivity index (χ2v) is 4.44. The average Bonchev–Trinajstić information content (AvgIpc) is 2.32. The van der Waals surface area contributed by atoms with Crippen molar-refractivity contribution in [3.63, 3.8) is 0 Å². The first-order valence-corrected chi connectivity index (χ1v) is 6.16. The number of aromatic carboxylic acids is 1. The van der Waals surface area contributed by atoms with Gasteiger partial charge in [0.15, 0.2) is 0 Å². The molecule has 1 saturated heterocycles. The van der Waals surface area contributed by atoms with E-state index in [2.05, 4.69) is 5.32 Å². The smallest absolute Gasteiger partial charge is 0.335 e. The van der Waals surface area contributed by atoms with E-state index in [-0.39, 0.29) is 11.3 Å². The third-order valence-electron chi connectivity index (χ3n) is 1.96. The summed E-state index contributed by atoms with van der Waals surface area (Å²) in [5.41, 5.74) is 0.179. The highest BCUT2D eigenvalue weighted by atomic mass is 32.2. The average molecular weight is 241 g/mol. The van der Waals surface area contributed by atoms with Gasteiger partial charge in [-0.2, -0.15) is 11.8 Å². The SMILES string of the molecule is C1CSCCN1.O=C(O)c1ccc(O)cc1. The van der Waals surface area contributed by atoms with Crippen LogP contribution in [-0.4, -0.2) is 40.8 Å². The maximum absolute atomic E-state index is 10.2. The number of thioether (sulfide) groups is 1. The first kappa shape index (κ1) is 12.9. The molecule has 0 saturated carbocycles. The molecule has 1 aliphatic rings. The normalized spacial score (nSPS) is 14.8. The number of hydrogen-bond acceptors (Lipinski definition) is 4. The summed E-state index contributed by atoms with van der Waals surface area (Å²) in [7, 11) is 0. The van der Waals surface area contributed by atoms with Gasteiger partial charge in [0.1, 0.15) is 5.75 Å². The number of benzene rings is 1. The molecule has 0 atom stereocenters. The predicted octanol–water partition coefficient (Wildman–Crippen LogP) is 1.41. The lowest BCUT2D eigenvalue weighted by molar-refractivity contribution is 0.0697. The Labute approximate surface area is 98.7 Å². The quantitative estimate of drug-likeness (QED) is 0.693. The first-order valence-electron chi connectivity index (χ1n) is 5.01. The zero-order chi connectivity index (χ0) is 11.8. The summed E-state index contributed by atoms with van der Waals surface area (Å²) in [5.74, 6) is 1.70. The Morgan fingerprint density at radius 2 is 1.75 bits per heavy atom. The molecule has 0 amide bonds. The van der Waals surface area contributed by atoms with Gasteiger partial charge in [0.05, 0.1) is 5.56 Å². The highest BCUT2D eigenvalue weighted by Crippen LogP contribution is 2.08. The maximum Gasteiger partial charge on any atom is 0.335 e. The molecule has 88 valence electrons. The molecule has 0 bridgehead atoms. The number of hydrogen-bond donors (Lipinski definition) is 3. The molecule has 0 unspecified atom stereocenters. The lowest BCUT2D eigenvalue weighted by atomic mass is 10.2. The van der Waals surface area contributed by atoms with E-state index < -0.39 is 5.97 Å². The fourth-order valence-corrected chi connectivity index (χ4v) is 1.90. The van der Waals surface area contributed by atoms with Crippen LogP contribution in [0.5, 0.6) is 5.75 Å². The summed E-state index contributed by atoms with van der Waals surface area (Å²) in [6.45, 7) is 2.43. The Kier molecular flexibility index (Phi) is 5.74. The number of phenolic OH excluding ortho intramolecular Hbond substituents is 1. The van der Waals surface area contributed by atoms with Crippen molar-refractivity contribution >= 4 is 17.7 Å². The van der Waals surface area contributed by atoms with Crippen molar-refractivity contribution in [3.8, 4) is 5.75 Å². The Bertz CT molecular complexity index is 311. The van der Waals surface area contributed by atoms with Crippen molar-refractivity contribution in [2.24, 2.45) is 0 Å². The van der Waals surface area contributed by atoms with Gasteiger partial charge in [-0.25, -0.2) is 4.79 Å². The molecular formula is C11H15NO3S. The van der Waals surface area contributed by atoms with E-state index in [4.69, 9.17) is 10.2 Å². The van der Waals surface area contributed by atoms with Gasteiger partial charge in [-0.3, -0.25) is 0 Å². The molecule has 2 rings (SSSR count). The zero-order valence-electron chi connectivity index (χ0n) is 8.85. The summed E-state index contributed by atoms with van der Waals surface area (Å²) in [6, 6.07) is 5.36. The van der Waals surface area contributed by atoms with Gasteiger partial charge in [-0.05, 0) is 24.3 Å². The van der Waals surface area contributed by atoms with Crippen LogP contribution >= 0.6 is 11.8 Å². The Morgan fingerprint density at radius 1 is 1.19 bits per heavy atom. The molecule has 4 nitrogen and oxygen atoms in total. The number of aromatic hydroxyl groups is 1. The van der Waals surface area contributed by atoms with Gasteiger partial charge in [-0.15, -0.1) is 0 Å². The third kappa shape index (κ3) is 5.04. The number of rotatable bonds is 1. The van der Waals surface area contributed by atoms with Crippen LogP contribution in [0.25, 0.3) is 0 Å². The first-order chi connectivity index (χ1) is 7.70. The standard InChI is InChI=1S/C7H6O3.C4H9NS/c8-6-3-1-5(2-4-6)7(9)10;1-3-6-4-2-5-1/h1-4,8H,(H,9,10);5H,1-4H2. The van der Waals surface area contributed by atoms with E-state index in [1.807, 2.05) is 11.8 Å². The van der Waals surface area contributed by atoms with Crippen molar-refractivity contribution < 1.29 is 15.0 Å². The highest BCUT2D eigenvalue weighted by molar-refractivity contribution is 7.99. The summed E-state index contributed by atoms with van der Waals surface area (Å²) in [6.07, 6.45) is 0. The van der Waals surface area contributed by atoms with Crippen molar-refractivity contribution in [2.45, 2.75) is 0 Å². The second-order valence-electron chi connectivity index (χ2n) is 3.21. The van der Waals surface area contributed by atoms with Crippen LogP contribution in [-0.2, 0) is 0 Å². The van der Waals surface area contributed by atoms with E-state index in [0.29, 0.717) is 0 Å². The lowest BCUT2D eigenvalue weighted by Crippen LogP contribution is -2.24. The minimum atomic E-state index is -0.986. The van der Waals surface area contributed by atoms with Crippen LogP contribution in [0, 0.1) is 0 Å². The summed E-state index contributed by atoms with van der Waals surface area (Å²) < 4.78 is 0. The van der Waals surface area contributed by atoms with Crippen molar-refractivity contribution in [3.05, 3.63) is 29.8 Å². The highest BCUT2D eigenvalue weighted by Gasteiger charge is 1.99. The molecule has 1 fully saturated rings. The maximum atomic E-state index is 10.2. The van der Waals surface area contributed by atoms with Gasteiger partial charge < -0.3 is 15.5 Å². The van der Waals surface area contributed by atoms with Crippen LogP contribution < -0.4 is 5.32 Å². The molecule has 5 heteroatoms. The van der Waals surface area contributed by atoms with Crippen molar-refractivity contribution in [2.75, 3.05) is 24.6 Å². The molecule has 0 spiro atoms. The molecular weight excluding hydrogens is 226 g/mol. The van der Waals surface area contributed by atoms with Gasteiger partial charge >= 0.3 is 5.97 Å². The number of carboxylic acid groups (broad SMARTS) is 1. The topological polar surface area (TPSA) is 69.6 Å². The number of phenols is 1. The molecule has 0 aromatic heterocycles. The van der Waals surface area contributed by atoms with Crippen LogP contribution in [0.2, 0.25) is 0 Å². The predicted molar refractivity (Wildman–Crippen MR) is 65.3 cm³/mol. The van der Waals surface area contributed by atoms with Crippen molar-refractivity contribution in [1.29, 1.82) is 0 Å². The van der Waals surface area contributed by atoms with Gasteiger partial charge in [0.25, 0.3) is 0 Å². The molecule has 1 aromatic carbocycles. The largest absolute Gasteiger partial charge is 0.508 e. The van der Waals surface area contributed by atoms with Crippen LogP contribution in [0.1, 0.15) is 10.4 Å². The van der Waals surface area contributed by atoms with Crippen LogP contribution in [0.4, 0.5) is 0 Å². The second kappa shape index (κ2) is 7.14. The zero-order valence-corrected chi connectivity index (χ0v) is 9.67. The Morgan fingerprint density at radius 3 is 2.06 bits per heavy atom. The Hall–Kier alpha value is -1.20. The van der Waals surface area contributed by atoms with Crippen LogP contribution in [0.15, 0.2) is 24.3 Å². The molecule has 1 heterocycles. The number of carboxylic acids is 1. The molecule has 3 N–H and O–H groups in total. The third-order valence-corrected chi connectivity index (χ3v) is 2.95. The van der Waals surface area contributed by atoms with E-state index in [1.165, 1.54) is 48.9 Å². The molecule has 0 radical (unpaired) electrons. The summed E-state index contributed by atoms with van der Waals surface area (Å²) in [4.78, 5) is 10.2. The van der Waals surface area contributed by atoms with E-state index in [1.54, 1.807) is 0 Å². The molecule has 1 aliphatic heterocycles. The van der Waals surface area contributed by atoms with Gasteiger partial charge in [-0.1, -0.05) is 0 Å². The fourth-order valence-electron chi connectivity index (χ4n) is 1.12. The van der Waals surface area contributed by atoms with Crippen molar-refractivity contribution in [1.82, 2.24) is 5.32 Å². The van der Waals surface area contributed by atoms with E-state index >= 15 is 0 Å². The van der Waals surface area contributed by atoms with Gasteiger partial charge in [0.2, 0.25) is 0 Å². The fraction of sp³-hybridized carbons (Fsp3) is 0.364. The van der Waals surface area contributed by atoms with E-state index in [9.17, 15) is 4.79 Å².